The summed E-state index contributed by atoms with van der Waals surface area (Å²) in [4.78, 5) is 38.5. The molecule has 0 radical (unpaired) electrons. The Morgan fingerprint density at radius 2 is 1.53 bits per heavy atom. The van der Waals surface area contributed by atoms with Gasteiger partial charge < -0.3 is 5.32 Å². The normalized spacial score (nSPS) is 17.1. The number of imide groups is 1. The van der Waals surface area contributed by atoms with Gasteiger partial charge in [-0.25, -0.2) is 10.2 Å². The number of amides is 4. The van der Waals surface area contributed by atoms with Crippen LogP contribution < -0.4 is 10.7 Å². The van der Waals surface area contributed by atoms with Crippen molar-refractivity contribution in [3.63, 3.8) is 0 Å². The van der Waals surface area contributed by atoms with Gasteiger partial charge in [0.15, 0.2) is 0 Å². The summed E-state index contributed by atoms with van der Waals surface area (Å²) in [6.07, 6.45) is 3.19. The van der Waals surface area contributed by atoms with E-state index in [1.165, 1.54) is 0 Å². The molecule has 2 aromatic rings. The highest BCUT2D eigenvalue weighted by Crippen LogP contribution is 2.35. The maximum Gasteiger partial charge on any atom is 0.325 e. The van der Waals surface area contributed by atoms with Gasteiger partial charge >= 0.3 is 6.03 Å². The Labute approximate surface area is 175 Å². The lowest BCUT2D eigenvalue weighted by Crippen LogP contribution is -2.44. The van der Waals surface area contributed by atoms with Crippen molar-refractivity contribution >= 4 is 23.6 Å². The van der Waals surface area contributed by atoms with E-state index >= 15 is 0 Å². The van der Waals surface area contributed by atoms with Crippen LogP contribution in [0.3, 0.4) is 0 Å². The van der Waals surface area contributed by atoms with Crippen molar-refractivity contribution in [1.29, 1.82) is 0 Å². The number of rotatable bonds is 6. The van der Waals surface area contributed by atoms with Crippen molar-refractivity contribution in [3.8, 4) is 0 Å². The first-order valence-electron chi connectivity index (χ1n) is 10.2. The van der Waals surface area contributed by atoms with Gasteiger partial charge in [-0.1, -0.05) is 73.5 Å². The molecule has 2 aliphatic rings. The first kappa shape index (κ1) is 19.8. The second-order valence-corrected chi connectivity index (χ2v) is 7.65. The largest absolute Gasteiger partial charge is 0.325 e. The van der Waals surface area contributed by atoms with Crippen molar-refractivity contribution < 1.29 is 14.4 Å². The Morgan fingerprint density at radius 1 is 0.967 bits per heavy atom. The van der Waals surface area contributed by atoms with E-state index in [9.17, 15) is 14.4 Å². The summed E-state index contributed by atoms with van der Waals surface area (Å²) in [7, 11) is 0. The van der Waals surface area contributed by atoms with E-state index in [-0.39, 0.29) is 24.8 Å². The fourth-order valence-corrected chi connectivity index (χ4v) is 4.07. The molecule has 0 bridgehead atoms. The van der Waals surface area contributed by atoms with E-state index in [0.29, 0.717) is 18.6 Å². The molecule has 30 heavy (non-hydrogen) atoms. The number of nitrogens with one attached hydrogen (secondary N) is 2. The molecule has 1 saturated carbocycles. The van der Waals surface area contributed by atoms with Gasteiger partial charge in [0.25, 0.3) is 5.91 Å². The lowest BCUT2D eigenvalue weighted by molar-refractivity contribution is -0.131. The van der Waals surface area contributed by atoms with Gasteiger partial charge in [-0.15, -0.1) is 0 Å². The first-order chi connectivity index (χ1) is 14.6. The van der Waals surface area contributed by atoms with Crippen LogP contribution in [0.5, 0.6) is 0 Å². The molecule has 2 fully saturated rings. The lowest BCUT2D eigenvalue weighted by Gasteiger charge is -2.19. The van der Waals surface area contributed by atoms with Crippen LogP contribution in [0.2, 0.25) is 0 Å². The summed E-state index contributed by atoms with van der Waals surface area (Å²) in [6.45, 7) is 0.0414. The molecule has 0 atom stereocenters. The van der Waals surface area contributed by atoms with Gasteiger partial charge in [0.2, 0.25) is 5.91 Å². The average Bonchev–Trinajstić information content (AvgIpc) is 3.33. The van der Waals surface area contributed by atoms with Crippen LogP contribution in [-0.2, 0) is 9.59 Å². The minimum Gasteiger partial charge on any atom is -0.323 e. The quantitative estimate of drug-likeness (QED) is 0.441. The molecule has 7 heteroatoms. The predicted molar refractivity (Wildman–Crippen MR) is 113 cm³/mol. The van der Waals surface area contributed by atoms with Gasteiger partial charge in [0.05, 0.1) is 5.71 Å². The van der Waals surface area contributed by atoms with Crippen LogP contribution in [-0.4, -0.2) is 40.5 Å². The summed E-state index contributed by atoms with van der Waals surface area (Å²) in [5, 5.41) is 7.16. The number of benzene rings is 2. The Hall–Kier alpha value is -3.48. The Balaban J connectivity index is 1.42. The van der Waals surface area contributed by atoms with Crippen LogP contribution in [0.4, 0.5) is 4.79 Å². The zero-order valence-electron chi connectivity index (χ0n) is 16.6. The molecule has 2 N–H and O–H groups in total. The molecule has 154 valence electrons. The highest BCUT2D eigenvalue weighted by Gasteiger charge is 2.52. The summed E-state index contributed by atoms with van der Waals surface area (Å²) in [5.41, 5.74) is 4.22. The summed E-state index contributed by atoms with van der Waals surface area (Å²) >= 11 is 0. The Kier molecular flexibility index (Phi) is 5.61. The molecule has 0 unspecified atom stereocenters. The second kappa shape index (κ2) is 8.49. The molecule has 1 aliphatic heterocycles. The number of hydrazone groups is 1. The van der Waals surface area contributed by atoms with Crippen molar-refractivity contribution in [3.05, 3.63) is 71.8 Å². The third-order valence-electron chi connectivity index (χ3n) is 5.65. The van der Waals surface area contributed by atoms with Gasteiger partial charge in [-0.3, -0.25) is 14.5 Å². The molecule has 4 rings (SSSR count). The fourth-order valence-electron chi connectivity index (χ4n) is 4.07. The molecule has 1 spiro atoms. The van der Waals surface area contributed by atoms with Crippen molar-refractivity contribution in [2.75, 3.05) is 6.54 Å². The highest BCUT2D eigenvalue weighted by atomic mass is 16.2. The standard InChI is InChI=1S/C23H24N4O3/c28-19(13-16-27-21(29)23(24-22(27)30)14-7-8-15-23)25-26-20(17-9-3-1-4-10-17)18-11-5-2-6-12-18/h1-6,9-12H,7-8,13-16H2,(H,24,30)(H,25,28). The number of carbonyl (C=O) groups is 3. The maximum absolute atomic E-state index is 12.7. The molecule has 1 aliphatic carbocycles. The number of hydrogen-bond acceptors (Lipinski definition) is 4. The van der Waals surface area contributed by atoms with Crippen LogP contribution in [0.1, 0.15) is 43.2 Å². The number of hydrogen-bond donors (Lipinski definition) is 2. The van der Waals surface area contributed by atoms with E-state index in [2.05, 4.69) is 15.8 Å². The van der Waals surface area contributed by atoms with E-state index in [1.54, 1.807) is 0 Å². The highest BCUT2D eigenvalue weighted by molar-refractivity contribution is 6.13. The van der Waals surface area contributed by atoms with Gasteiger partial charge in [0.1, 0.15) is 5.54 Å². The molecule has 1 saturated heterocycles. The second-order valence-electron chi connectivity index (χ2n) is 7.65. The number of nitrogens with zero attached hydrogens (tertiary/aromatic N) is 2. The monoisotopic (exact) mass is 404 g/mol. The van der Waals surface area contributed by atoms with E-state index in [1.807, 2.05) is 60.7 Å². The Bertz CT molecular complexity index is 925. The van der Waals surface area contributed by atoms with E-state index in [0.717, 1.165) is 28.9 Å². The van der Waals surface area contributed by atoms with E-state index < -0.39 is 11.6 Å². The molecular formula is C23H24N4O3. The predicted octanol–water partition coefficient (Wildman–Crippen LogP) is 2.81. The maximum atomic E-state index is 12.7. The minimum atomic E-state index is -0.750. The van der Waals surface area contributed by atoms with Crippen LogP contribution in [0.15, 0.2) is 65.8 Å². The number of carbonyl (C=O) groups excluding carboxylic acids is 3. The summed E-state index contributed by atoms with van der Waals surface area (Å²) in [5.74, 6) is -0.567. The summed E-state index contributed by atoms with van der Waals surface area (Å²) in [6, 6.07) is 18.8. The van der Waals surface area contributed by atoms with Gasteiger partial charge in [0, 0.05) is 24.1 Å². The number of urea groups is 1. The zero-order chi connectivity index (χ0) is 21.0. The lowest BCUT2D eigenvalue weighted by atomic mass is 9.98. The SMILES string of the molecule is O=C(CCN1C(=O)NC2(CCCC2)C1=O)NN=C(c1ccccc1)c1ccccc1. The molecule has 7 nitrogen and oxygen atoms in total. The van der Waals surface area contributed by atoms with Gasteiger partial charge in [-0.05, 0) is 12.8 Å². The Morgan fingerprint density at radius 3 is 2.10 bits per heavy atom. The smallest absolute Gasteiger partial charge is 0.323 e. The fraction of sp³-hybridized carbons (Fsp3) is 0.304. The van der Waals surface area contributed by atoms with E-state index in [4.69, 9.17) is 0 Å². The van der Waals surface area contributed by atoms with Crippen molar-refractivity contribution in [2.45, 2.75) is 37.6 Å². The third kappa shape index (κ3) is 3.96. The van der Waals surface area contributed by atoms with Crippen LogP contribution in [0, 0.1) is 0 Å². The van der Waals surface area contributed by atoms with Crippen molar-refractivity contribution in [2.24, 2.45) is 5.10 Å². The first-order valence-corrected chi connectivity index (χ1v) is 10.2. The van der Waals surface area contributed by atoms with Crippen LogP contribution >= 0.6 is 0 Å². The van der Waals surface area contributed by atoms with Crippen LogP contribution in [0.25, 0.3) is 0 Å². The molecular weight excluding hydrogens is 380 g/mol. The molecule has 2 aromatic carbocycles. The minimum absolute atomic E-state index is 0.00437. The summed E-state index contributed by atoms with van der Waals surface area (Å²) < 4.78 is 0. The molecule has 4 amide bonds. The molecule has 0 aromatic heterocycles. The third-order valence-corrected chi connectivity index (χ3v) is 5.65. The average molecular weight is 404 g/mol. The topological polar surface area (TPSA) is 90.9 Å². The molecule has 1 heterocycles. The van der Waals surface area contributed by atoms with Gasteiger partial charge in [-0.2, -0.15) is 5.10 Å². The zero-order valence-corrected chi connectivity index (χ0v) is 16.6. The van der Waals surface area contributed by atoms with Crippen molar-refractivity contribution in [1.82, 2.24) is 15.6 Å².